The van der Waals surface area contributed by atoms with Crippen LogP contribution in [0.1, 0.15) is 30.3 Å². The molecule has 3 atom stereocenters. The molecule has 1 saturated carbocycles. The van der Waals surface area contributed by atoms with Gasteiger partial charge in [-0.05, 0) is 19.8 Å². The molecule has 3 heterocycles. The second kappa shape index (κ2) is 6.59. The van der Waals surface area contributed by atoms with Gasteiger partial charge in [-0.3, -0.25) is 9.69 Å². The SMILES string of the molecule is CC1CN(c2nc(C(=O)N[C@@H]3COC[C@@H]3O)cs2)CCN1C1CC1. The quantitative estimate of drug-likeness (QED) is 0.812. The molecule has 7 nitrogen and oxygen atoms in total. The van der Waals surface area contributed by atoms with Crippen molar-refractivity contribution < 1.29 is 14.6 Å². The van der Waals surface area contributed by atoms with Crippen LogP contribution < -0.4 is 10.2 Å². The number of piperazine rings is 1. The van der Waals surface area contributed by atoms with Crippen LogP contribution in [0.2, 0.25) is 0 Å². The lowest BCUT2D eigenvalue weighted by Crippen LogP contribution is -2.52. The Morgan fingerprint density at radius 3 is 2.92 bits per heavy atom. The van der Waals surface area contributed by atoms with Crippen molar-refractivity contribution in [1.82, 2.24) is 15.2 Å². The third kappa shape index (κ3) is 3.28. The van der Waals surface area contributed by atoms with Gasteiger partial charge in [0.1, 0.15) is 5.69 Å². The summed E-state index contributed by atoms with van der Waals surface area (Å²) in [6, 6.07) is 0.975. The van der Waals surface area contributed by atoms with Gasteiger partial charge in [-0.25, -0.2) is 4.98 Å². The van der Waals surface area contributed by atoms with Crippen molar-refractivity contribution in [1.29, 1.82) is 0 Å². The summed E-state index contributed by atoms with van der Waals surface area (Å²) in [5, 5.41) is 15.2. The van der Waals surface area contributed by atoms with E-state index in [4.69, 9.17) is 4.74 Å². The summed E-state index contributed by atoms with van der Waals surface area (Å²) in [5.74, 6) is -0.239. The second-order valence-corrected chi connectivity index (χ2v) is 7.80. The Morgan fingerprint density at radius 2 is 2.25 bits per heavy atom. The van der Waals surface area contributed by atoms with Crippen LogP contribution in [-0.4, -0.2) is 78.0 Å². The molecule has 3 aliphatic rings. The van der Waals surface area contributed by atoms with Gasteiger partial charge in [0.25, 0.3) is 5.91 Å². The molecule has 24 heavy (non-hydrogen) atoms. The van der Waals surface area contributed by atoms with E-state index in [1.54, 1.807) is 5.38 Å². The molecule has 2 aliphatic heterocycles. The Morgan fingerprint density at radius 1 is 1.42 bits per heavy atom. The highest BCUT2D eigenvalue weighted by atomic mass is 32.1. The molecular weight excluding hydrogens is 328 g/mol. The van der Waals surface area contributed by atoms with Crippen LogP contribution in [-0.2, 0) is 4.74 Å². The number of carbonyl (C=O) groups is 1. The monoisotopic (exact) mass is 352 g/mol. The van der Waals surface area contributed by atoms with E-state index in [1.807, 2.05) is 0 Å². The standard InChI is InChI=1S/C16H24N4O3S/c1-10-6-19(4-5-20(10)11-2-3-11)16-18-13(9-24-16)15(22)17-12-7-23-8-14(12)21/h9-12,14,21H,2-8H2,1H3,(H,17,22)/t10?,12-,14+/m1/s1. The second-order valence-electron chi connectivity index (χ2n) is 6.96. The third-order valence-corrected chi connectivity index (χ3v) is 5.96. The van der Waals surface area contributed by atoms with Gasteiger partial charge in [-0.15, -0.1) is 11.3 Å². The summed E-state index contributed by atoms with van der Waals surface area (Å²) in [4.78, 5) is 21.7. The maximum atomic E-state index is 12.3. The lowest BCUT2D eigenvalue weighted by Gasteiger charge is -2.40. The van der Waals surface area contributed by atoms with E-state index >= 15 is 0 Å². The number of rotatable bonds is 4. The number of aliphatic hydroxyl groups excluding tert-OH is 1. The molecule has 1 aliphatic carbocycles. The molecule has 4 rings (SSSR count). The summed E-state index contributed by atoms with van der Waals surface area (Å²) in [5.41, 5.74) is 0.423. The number of anilines is 1. The van der Waals surface area contributed by atoms with Crippen LogP contribution in [0.25, 0.3) is 0 Å². The van der Waals surface area contributed by atoms with Gasteiger partial charge < -0.3 is 20.1 Å². The maximum absolute atomic E-state index is 12.3. The Bertz CT molecular complexity index is 606. The third-order valence-electron chi connectivity index (χ3n) is 5.06. The predicted molar refractivity (Wildman–Crippen MR) is 91.6 cm³/mol. The number of aromatic nitrogens is 1. The number of hydrogen-bond donors (Lipinski definition) is 2. The van der Waals surface area contributed by atoms with E-state index in [-0.39, 0.29) is 18.6 Å². The van der Waals surface area contributed by atoms with E-state index in [1.165, 1.54) is 24.2 Å². The molecule has 2 saturated heterocycles. The summed E-state index contributed by atoms with van der Waals surface area (Å²) in [6.07, 6.45) is 2.04. The van der Waals surface area contributed by atoms with Gasteiger partial charge in [0.2, 0.25) is 0 Å². The first-order valence-electron chi connectivity index (χ1n) is 8.64. The summed E-state index contributed by atoms with van der Waals surface area (Å²) >= 11 is 1.51. The average molecular weight is 352 g/mol. The lowest BCUT2D eigenvalue weighted by atomic mass is 10.2. The number of hydrogen-bond acceptors (Lipinski definition) is 7. The Hall–Kier alpha value is -1.22. The summed E-state index contributed by atoms with van der Waals surface area (Å²) in [7, 11) is 0. The van der Waals surface area contributed by atoms with Crippen molar-refractivity contribution in [3.05, 3.63) is 11.1 Å². The van der Waals surface area contributed by atoms with Crippen molar-refractivity contribution in [2.75, 3.05) is 37.7 Å². The minimum atomic E-state index is -0.636. The normalized spacial score (nSPS) is 31.4. The number of carbonyl (C=O) groups excluding carboxylic acids is 1. The van der Waals surface area contributed by atoms with E-state index in [0.29, 0.717) is 18.3 Å². The molecule has 0 radical (unpaired) electrons. The van der Waals surface area contributed by atoms with Gasteiger partial charge in [0, 0.05) is 37.1 Å². The Labute approximate surface area is 145 Å². The molecule has 1 aromatic rings. The zero-order valence-electron chi connectivity index (χ0n) is 13.9. The molecule has 1 aromatic heterocycles. The Balaban J connectivity index is 1.36. The molecule has 1 amide bonds. The summed E-state index contributed by atoms with van der Waals surface area (Å²) < 4.78 is 5.16. The van der Waals surface area contributed by atoms with Crippen molar-refractivity contribution in [3.8, 4) is 0 Å². The van der Waals surface area contributed by atoms with Crippen molar-refractivity contribution in [3.63, 3.8) is 0 Å². The van der Waals surface area contributed by atoms with Gasteiger partial charge >= 0.3 is 0 Å². The van der Waals surface area contributed by atoms with Crippen LogP contribution in [0.15, 0.2) is 5.38 Å². The van der Waals surface area contributed by atoms with E-state index in [0.717, 1.165) is 30.8 Å². The first-order valence-corrected chi connectivity index (χ1v) is 9.52. The zero-order valence-corrected chi connectivity index (χ0v) is 14.7. The molecule has 8 heteroatoms. The molecular formula is C16H24N4O3S. The highest BCUT2D eigenvalue weighted by Crippen LogP contribution is 2.32. The zero-order chi connectivity index (χ0) is 16.7. The average Bonchev–Trinajstić information content (AvgIpc) is 3.14. The summed E-state index contributed by atoms with van der Waals surface area (Å²) in [6.45, 7) is 5.89. The molecule has 132 valence electrons. The van der Waals surface area contributed by atoms with Crippen LogP contribution >= 0.6 is 11.3 Å². The predicted octanol–water partition coefficient (Wildman–Crippen LogP) is 0.305. The smallest absolute Gasteiger partial charge is 0.271 e. The van der Waals surface area contributed by atoms with Gasteiger partial charge in [0.05, 0.1) is 25.4 Å². The van der Waals surface area contributed by atoms with E-state index in [2.05, 4.69) is 27.0 Å². The topological polar surface area (TPSA) is 77.9 Å². The number of aliphatic hydroxyl groups is 1. The van der Waals surface area contributed by atoms with E-state index in [9.17, 15) is 9.90 Å². The molecule has 2 N–H and O–H groups in total. The first kappa shape index (κ1) is 16.3. The molecule has 0 spiro atoms. The number of ether oxygens (including phenoxy) is 1. The van der Waals surface area contributed by atoms with Crippen LogP contribution in [0.3, 0.4) is 0 Å². The molecule has 1 unspecified atom stereocenters. The maximum Gasteiger partial charge on any atom is 0.271 e. The highest BCUT2D eigenvalue weighted by molar-refractivity contribution is 7.13. The molecule has 0 aromatic carbocycles. The highest BCUT2D eigenvalue weighted by Gasteiger charge is 2.36. The number of thiazole rings is 1. The number of nitrogens with one attached hydrogen (secondary N) is 1. The number of nitrogens with zero attached hydrogens (tertiary/aromatic N) is 3. The fourth-order valence-corrected chi connectivity index (χ4v) is 4.37. The fourth-order valence-electron chi connectivity index (χ4n) is 3.53. The van der Waals surface area contributed by atoms with Crippen LogP contribution in [0, 0.1) is 0 Å². The van der Waals surface area contributed by atoms with Crippen molar-refractivity contribution >= 4 is 22.4 Å². The first-order chi connectivity index (χ1) is 11.6. The van der Waals surface area contributed by atoms with Gasteiger partial charge in [0.15, 0.2) is 5.13 Å². The fraction of sp³-hybridized carbons (Fsp3) is 0.750. The number of amides is 1. The van der Waals surface area contributed by atoms with Crippen molar-refractivity contribution in [2.45, 2.75) is 44.0 Å². The van der Waals surface area contributed by atoms with Gasteiger partial charge in [-0.1, -0.05) is 0 Å². The minimum absolute atomic E-state index is 0.239. The largest absolute Gasteiger partial charge is 0.388 e. The van der Waals surface area contributed by atoms with Crippen molar-refractivity contribution in [2.24, 2.45) is 0 Å². The molecule has 3 fully saturated rings. The van der Waals surface area contributed by atoms with Crippen LogP contribution in [0.4, 0.5) is 5.13 Å². The van der Waals surface area contributed by atoms with E-state index < -0.39 is 6.10 Å². The minimum Gasteiger partial charge on any atom is -0.388 e. The lowest BCUT2D eigenvalue weighted by molar-refractivity contribution is 0.0882. The molecule has 0 bridgehead atoms. The van der Waals surface area contributed by atoms with Crippen LogP contribution in [0.5, 0.6) is 0 Å². The Kier molecular flexibility index (Phi) is 4.46. The van der Waals surface area contributed by atoms with Gasteiger partial charge in [-0.2, -0.15) is 0 Å².